The van der Waals surface area contributed by atoms with Gasteiger partial charge in [-0.2, -0.15) is 0 Å². The van der Waals surface area contributed by atoms with Crippen molar-refractivity contribution in [2.45, 2.75) is 0 Å². The van der Waals surface area contributed by atoms with Gasteiger partial charge in [0.1, 0.15) is 22.3 Å². The van der Waals surface area contributed by atoms with Crippen molar-refractivity contribution in [2.24, 2.45) is 0 Å². The average molecular weight is 989 g/mol. The molecule has 354 valence electrons. The monoisotopic (exact) mass is 988 g/mol. The Bertz CT molecular complexity index is 4990. The summed E-state index contributed by atoms with van der Waals surface area (Å²) in [5, 5.41) is 8.97. The van der Waals surface area contributed by atoms with Gasteiger partial charge in [0.25, 0.3) is 0 Å². The lowest BCUT2D eigenvalue weighted by molar-refractivity contribution is 0.668. The number of hydrogen-bond acceptors (Lipinski definition) is 6. The summed E-state index contributed by atoms with van der Waals surface area (Å²) in [6.07, 6.45) is 0. The Hall–Kier alpha value is -9.95. The van der Waals surface area contributed by atoms with Crippen LogP contribution in [0.2, 0.25) is 0 Å². The van der Waals surface area contributed by atoms with Crippen molar-refractivity contribution in [3.05, 3.63) is 243 Å². The number of rotatable bonds is 7. The van der Waals surface area contributed by atoms with Crippen LogP contribution < -0.4 is 0 Å². The minimum Gasteiger partial charge on any atom is -0.456 e. The molecule has 6 nitrogen and oxygen atoms in total. The van der Waals surface area contributed by atoms with E-state index in [1.807, 2.05) is 53.8 Å². The number of thiophene rings is 1. The molecule has 0 spiro atoms. The second kappa shape index (κ2) is 16.8. The van der Waals surface area contributed by atoms with Crippen LogP contribution in [0.1, 0.15) is 0 Å². The number of furan rings is 2. The second-order valence-corrected chi connectivity index (χ2v) is 20.5. The van der Waals surface area contributed by atoms with Crippen LogP contribution in [0.5, 0.6) is 0 Å². The highest BCUT2D eigenvalue weighted by atomic mass is 32.1. The first-order chi connectivity index (χ1) is 37.6. The van der Waals surface area contributed by atoms with Crippen LogP contribution in [-0.4, -0.2) is 19.5 Å². The van der Waals surface area contributed by atoms with Gasteiger partial charge in [-0.15, -0.1) is 11.3 Å². The molecule has 0 aliphatic carbocycles. The maximum absolute atomic E-state index is 6.74. The molecule has 0 radical (unpaired) electrons. The number of aromatic nitrogens is 4. The summed E-state index contributed by atoms with van der Waals surface area (Å²) in [6, 6.07) is 85.7. The zero-order chi connectivity index (χ0) is 49.8. The molecule has 16 aromatic rings. The van der Waals surface area contributed by atoms with Crippen molar-refractivity contribution in [3.63, 3.8) is 0 Å². The third-order valence-electron chi connectivity index (χ3n) is 15.1. The molecule has 0 unspecified atom stereocenters. The predicted octanol–water partition coefficient (Wildman–Crippen LogP) is 19.1. The van der Waals surface area contributed by atoms with Gasteiger partial charge in [-0.1, -0.05) is 158 Å². The van der Waals surface area contributed by atoms with E-state index in [2.05, 4.69) is 205 Å². The molecule has 7 heteroatoms. The van der Waals surface area contributed by atoms with E-state index in [1.54, 1.807) is 0 Å². The minimum atomic E-state index is 0.548. The van der Waals surface area contributed by atoms with E-state index in [4.69, 9.17) is 23.8 Å². The molecule has 0 saturated heterocycles. The van der Waals surface area contributed by atoms with Crippen LogP contribution in [0, 0.1) is 0 Å². The average Bonchev–Trinajstić information content (AvgIpc) is 4.29. The fourth-order valence-electron chi connectivity index (χ4n) is 11.5. The fourth-order valence-corrected chi connectivity index (χ4v) is 12.6. The number of nitrogens with zero attached hydrogens (tertiary/aromatic N) is 4. The summed E-state index contributed by atoms with van der Waals surface area (Å²) >= 11 is 1.83. The van der Waals surface area contributed by atoms with Gasteiger partial charge in [0.05, 0.1) is 11.0 Å². The van der Waals surface area contributed by atoms with E-state index in [1.165, 1.54) is 47.6 Å². The van der Waals surface area contributed by atoms with Crippen molar-refractivity contribution < 1.29 is 8.83 Å². The Morgan fingerprint density at radius 2 is 0.868 bits per heavy atom. The Balaban J connectivity index is 0.823. The van der Waals surface area contributed by atoms with Crippen LogP contribution >= 0.6 is 11.3 Å². The van der Waals surface area contributed by atoms with Crippen molar-refractivity contribution in [1.82, 2.24) is 19.5 Å². The molecule has 76 heavy (non-hydrogen) atoms. The first-order valence-corrected chi connectivity index (χ1v) is 26.3. The summed E-state index contributed by atoms with van der Waals surface area (Å²) in [6.45, 7) is 0. The minimum absolute atomic E-state index is 0.548. The maximum Gasteiger partial charge on any atom is 0.164 e. The van der Waals surface area contributed by atoms with Crippen LogP contribution in [0.3, 0.4) is 0 Å². The lowest BCUT2D eigenvalue weighted by Crippen LogP contribution is -2.00. The second-order valence-electron chi connectivity index (χ2n) is 19.5. The van der Waals surface area contributed by atoms with Crippen LogP contribution in [0.25, 0.3) is 159 Å². The SMILES string of the molecule is c1ccc(-c2ccc3c(c2)c2ccc(-c4ccc5oc6cccc(-c7nc(-c8ccccc8)nc(-c8ccc9c(c8)oc8cc(-c%10cccc%11sc%12ccccc%12c%10%11)ccc89)n7)c6c5c4)cc2n3-c2ccccc2)cc1. The van der Waals surface area contributed by atoms with Gasteiger partial charge < -0.3 is 13.4 Å². The highest BCUT2D eigenvalue weighted by Gasteiger charge is 2.21. The number of para-hydroxylation sites is 1. The highest BCUT2D eigenvalue weighted by Crippen LogP contribution is 2.44. The quantitative estimate of drug-likeness (QED) is 0.159. The van der Waals surface area contributed by atoms with E-state index in [0.717, 1.165) is 94.0 Å². The predicted molar refractivity (Wildman–Crippen MR) is 314 cm³/mol. The molecule has 0 aliphatic rings. The smallest absolute Gasteiger partial charge is 0.164 e. The molecule has 0 N–H and O–H groups in total. The van der Waals surface area contributed by atoms with E-state index in [0.29, 0.717) is 17.5 Å². The molecule has 0 saturated carbocycles. The molecule has 5 aromatic heterocycles. The number of hydrogen-bond donors (Lipinski definition) is 0. The van der Waals surface area contributed by atoms with Crippen molar-refractivity contribution >= 4 is 97.2 Å². The molecule has 11 aromatic carbocycles. The van der Waals surface area contributed by atoms with Crippen LogP contribution in [0.15, 0.2) is 251 Å². The van der Waals surface area contributed by atoms with E-state index >= 15 is 0 Å². The van der Waals surface area contributed by atoms with Crippen molar-refractivity contribution in [3.8, 4) is 73.2 Å². The largest absolute Gasteiger partial charge is 0.456 e. The highest BCUT2D eigenvalue weighted by molar-refractivity contribution is 7.25. The Morgan fingerprint density at radius 1 is 0.289 bits per heavy atom. The molecule has 0 fully saturated rings. The molecule has 0 aliphatic heterocycles. The zero-order valence-electron chi connectivity index (χ0n) is 40.6. The molecule has 5 heterocycles. The topological polar surface area (TPSA) is 69.9 Å². The standard InChI is InChI=1S/C69H40N4O2S/c1-4-14-41(15-5-1)43-29-34-57-55(36-43)50-31-26-45(38-58(50)73(57)48-18-8-3-9-19-48)44-30-35-59-56(37-44)65-54(22-12-23-60(65)74-59)69-71-67(42-16-6-2-7-17-42)70-68(72-69)47-28-33-52-51-32-27-46(39-61(51)75-62(52)40-47)49-21-13-25-64-66(49)53-20-10-11-24-63(53)76-64/h1-40H. The lowest BCUT2D eigenvalue weighted by Gasteiger charge is -2.10. The van der Waals surface area contributed by atoms with Gasteiger partial charge in [0.15, 0.2) is 17.5 Å². The van der Waals surface area contributed by atoms with Gasteiger partial charge in [0.2, 0.25) is 0 Å². The first kappa shape index (κ1) is 42.5. The van der Waals surface area contributed by atoms with Gasteiger partial charge in [-0.3, -0.25) is 0 Å². The molecular formula is C69H40N4O2S. The number of benzene rings is 11. The van der Waals surface area contributed by atoms with E-state index in [-0.39, 0.29) is 0 Å². The van der Waals surface area contributed by atoms with E-state index in [9.17, 15) is 0 Å². The van der Waals surface area contributed by atoms with Gasteiger partial charge in [0, 0.05) is 74.9 Å². The molecule has 16 rings (SSSR count). The van der Waals surface area contributed by atoms with Crippen molar-refractivity contribution in [1.29, 1.82) is 0 Å². The molecule has 0 bridgehead atoms. The maximum atomic E-state index is 6.74. The van der Waals surface area contributed by atoms with Crippen molar-refractivity contribution in [2.75, 3.05) is 0 Å². The lowest BCUT2D eigenvalue weighted by atomic mass is 9.98. The Labute approximate surface area is 439 Å². The molecular weight excluding hydrogens is 949 g/mol. The number of fused-ring (bicyclic) bond motifs is 12. The zero-order valence-corrected chi connectivity index (χ0v) is 41.4. The fraction of sp³-hybridized carbons (Fsp3) is 0. The summed E-state index contributed by atoms with van der Waals surface area (Å²) in [5.74, 6) is 1.68. The normalized spacial score (nSPS) is 11.9. The third kappa shape index (κ3) is 6.76. The third-order valence-corrected chi connectivity index (χ3v) is 16.2. The van der Waals surface area contributed by atoms with Crippen LogP contribution in [-0.2, 0) is 0 Å². The first-order valence-electron chi connectivity index (χ1n) is 25.5. The summed E-state index contributed by atoms with van der Waals surface area (Å²) in [7, 11) is 0. The summed E-state index contributed by atoms with van der Waals surface area (Å²) < 4.78 is 18.3. The Morgan fingerprint density at radius 3 is 1.70 bits per heavy atom. The summed E-state index contributed by atoms with van der Waals surface area (Å²) in [5.41, 5.74) is 16.0. The van der Waals surface area contributed by atoms with Gasteiger partial charge in [-0.05, 0) is 118 Å². The van der Waals surface area contributed by atoms with Gasteiger partial charge >= 0.3 is 0 Å². The molecule has 0 amide bonds. The summed E-state index contributed by atoms with van der Waals surface area (Å²) in [4.78, 5) is 15.7. The Kier molecular flexibility index (Phi) is 9.40. The van der Waals surface area contributed by atoms with Gasteiger partial charge in [-0.25, -0.2) is 15.0 Å². The van der Waals surface area contributed by atoms with E-state index < -0.39 is 0 Å². The molecule has 0 atom stereocenters. The van der Waals surface area contributed by atoms with Crippen LogP contribution in [0.4, 0.5) is 0 Å².